The number of alkyl carbamates (subject to hydrolysis) is 1. The van der Waals surface area contributed by atoms with Crippen molar-refractivity contribution >= 4 is 17.7 Å². The van der Waals surface area contributed by atoms with E-state index >= 15 is 0 Å². The molecular weight excluding hydrogens is 328 g/mol. The Bertz CT molecular complexity index is 779. The van der Waals surface area contributed by atoms with E-state index in [0.717, 1.165) is 17.7 Å². The molecule has 0 bridgehead atoms. The van der Waals surface area contributed by atoms with Crippen LogP contribution in [0.3, 0.4) is 0 Å². The molecule has 0 saturated heterocycles. The van der Waals surface area contributed by atoms with Gasteiger partial charge in [0.25, 0.3) is 5.91 Å². The zero-order valence-corrected chi connectivity index (χ0v) is 15.3. The van der Waals surface area contributed by atoms with Crippen LogP contribution in [-0.2, 0) is 4.74 Å². The molecule has 1 saturated carbocycles. The van der Waals surface area contributed by atoms with Gasteiger partial charge in [-0.3, -0.25) is 4.79 Å². The maximum atomic E-state index is 12.2. The SMILES string of the molecule is CC(C)(C)OC(=O)NC1CC1c1ccc(NC(=O)c2ccccc2)cc1. The van der Waals surface area contributed by atoms with Crippen LogP contribution < -0.4 is 10.6 Å². The topological polar surface area (TPSA) is 67.4 Å². The average Bonchev–Trinajstić information content (AvgIpc) is 3.33. The lowest BCUT2D eigenvalue weighted by Gasteiger charge is -2.19. The lowest BCUT2D eigenvalue weighted by molar-refractivity contribution is 0.0522. The van der Waals surface area contributed by atoms with Crippen LogP contribution in [0.5, 0.6) is 0 Å². The largest absolute Gasteiger partial charge is 0.444 e. The summed E-state index contributed by atoms with van der Waals surface area (Å²) in [5, 5.41) is 5.78. The summed E-state index contributed by atoms with van der Waals surface area (Å²) in [5.41, 5.74) is 2.02. The third-order valence-corrected chi connectivity index (χ3v) is 4.13. The van der Waals surface area contributed by atoms with E-state index in [4.69, 9.17) is 4.74 Å². The molecular formula is C21H24N2O3. The van der Waals surface area contributed by atoms with Crippen molar-refractivity contribution in [2.24, 2.45) is 0 Å². The van der Waals surface area contributed by atoms with E-state index in [1.807, 2.05) is 63.2 Å². The van der Waals surface area contributed by atoms with Gasteiger partial charge < -0.3 is 15.4 Å². The summed E-state index contributed by atoms with van der Waals surface area (Å²) in [6.45, 7) is 5.54. The molecule has 5 nitrogen and oxygen atoms in total. The van der Waals surface area contributed by atoms with Crippen molar-refractivity contribution in [2.45, 2.75) is 44.8 Å². The molecule has 0 spiro atoms. The fourth-order valence-corrected chi connectivity index (χ4v) is 2.79. The smallest absolute Gasteiger partial charge is 0.407 e. The van der Waals surface area contributed by atoms with Gasteiger partial charge in [-0.1, -0.05) is 30.3 Å². The van der Waals surface area contributed by atoms with E-state index in [-0.39, 0.29) is 18.0 Å². The molecule has 2 unspecified atom stereocenters. The van der Waals surface area contributed by atoms with Gasteiger partial charge in [-0.25, -0.2) is 4.79 Å². The third kappa shape index (κ3) is 4.85. The Hall–Kier alpha value is -2.82. The third-order valence-electron chi connectivity index (χ3n) is 4.13. The Labute approximate surface area is 153 Å². The minimum atomic E-state index is -0.493. The van der Waals surface area contributed by atoms with E-state index in [1.165, 1.54) is 0 Å². The van der Waals surface area contributed by atoms with Gasteiger partial charge in [0.1, 0.15) is 5.60 Å². The first-order valence-corrected chi connectivity index (χ1v) is 8.78. The molecule has 0 aliphatic heterocycles. The summed E-state index contributed by atoms with van der Waals surface area (Å²) in [5.74, 6) is 0.163. The van der Waals surface area contributed by atoms with E-state index in [0.29, 0.717) is 11.5 Å². The number of carbonyl (C=O) groups excluding carboxylic acids is 2. The molecule has 2 N–H and O–H groups in total. The second kappa shape index (κ2) is 7.20. The standard InChI is InChI=1S/C21H24N2O3/c1-21(2,3)26-20(25)23-18-13-17(18)14-9-11-16(12-10-14)22-19(24)15-7-5-4-6-8-15/h4-12,17-18H,13H2,1-3H3,(H,22,24)(H,23,25). The second-order valence-corrected chi connectivity index (χ2v) is 7.54. The van der Waals surface area contributed by atoms with Crippen LogP contribution >= 0.6 is 0 Å². The van der Waals surface area contributed by atoms with Gasteiger partial charge in [-0.2, -0.15) is 0 Å². The Morgan fingerprint density at radius 1 is 1.00 bits per heavy atom. The first kappa shape index (κ1) is 18.0. The quantitative estimate of drug-likeness (QED) is 0.861. The van der Waals surface area contributed by atoms with Crippen LogP contribution in [0.2, 0.25) is 0 Å². The first-order valence-electron chi connectivity index (χ1n) is 8.78. The van der Waals surface area contributed by atoms with Crippen molar-refractivity contribution < 1.29 is 14.3 Å². The molecule has 1 fully saturated rings. The predicted molar refractivity (Wildman–Crippen MR) is 101 cm³/mol. The maximum absolute atomic E-state index is 12.2. The average molecular weight is 352 g/mol. The molecule has 26 heavy (non-hydrogen) atoms. The van der Waals surface area contributed by atoms with E-state index < -0.39 is 5.60 Å². The Morgan fingerprint density at radius 2 is 1.65 bits per heavy atom. The monoisotopic (exact) mass is 352 g/mol. The number of hydrogen-bond donors (Lipinski definition) is 2. The predicted octanol–water partition coefficient (Wildman–Crippen LogP) is 4.32. The summed E-state index contributed by atoms with van der Waals surface area (Å²) in [4.78, 5) is 24.0. The van der Waals surface area contributed by atoms with Crippen LogP contribution in [0, 0.1) is 0 Å². The molecule has 2 aromatic rings. The van der Waals surface area contributed by atoms with Gasteiger partial charge >= 0.3 is 6.09 Å². The fourth-order valence-electron chi connectivity index (χ4n) is 2.79. The Kier molecular flexibility index (Phi) is 4.98. The van der Waals surface area contributed by atoms with Gasteiger partial charge in [0.2, 0.25) is 0 Å². The van der Waals surface area contributed by atoms with Gasteiger partial charge in [-0.05, 0) is 57.0 Å². The van der Waals surface area contributed by atoms with Crippen molar-refractivity contribution in [3.8, 4) is 0 Å². The minimum absolute atomic E-state index is 0.106. The number of amides is 2. The van der Waals surface area contributed by atoms with E-state index in [2.05, 4.69) is 10.6 Å². The second-order valence-electron chi connectivity index (χ2n) is 7.54. The number of anilines is 1. The van der Waals surface area contributed by atoms with Crippen molar-refractivity contribution in [3.05, 3.63) is 65.7 Å². The number of hydrogen-bond acceptors (Lipinski definition) is 3. The summed E-state index contributed by atoms with van der Waals surface area (Å²) >= 11 is 0. The molecule has 136 valence electrons. The van der Waals surface area contributed by atoms with Crippen molar-refractivity contribution in [3.63, 3.8) is 0 Å². The zero-order chi connectivity index (χ0) is 18.7. The number of carbonyl (C=O) groups is 2. The van der Waals surface area contributed by atoms with Crippen LogP contribution in [0.4, 0.5) is 10.5 Å². The lowest BCUT2D eigenvalue weighted by atomic mass is 10.1. The van der Waals surface area contributed by atoms with Crippen LogP contribution in [-0.4, -0.2) is 23.6 Å². The Morgan fingerprint density at radius 3 is 2.27 bits per heavy atom. The molecule has 3 rings (SSSR count). The number of nitrogens with one attached hydrogen (secondary N) is 2. The van der Waals surface area contributed by atoms with Gasteiger partial charge in [-0.15, -0.1) is 0 Å². The minimum Gasteiger partial charge on any atom is -0.444 e. The molecule has 1 aliphatic carbocycles. The molecule has 1 aliphatic rings. The van der Waals surface area contributed by atoms with Gasteiger partial charge in [0.05, 0.1) is 0 Å². The molecule has 5 heteroatoms. The van der Waals surface area contributed by atoms with Crippen molar-refractivity contribution in [2.75, 3.05) is 5.32 Å². The fraction of sp³-hybridized carbons (Fsp3) is 0.333. The highest BCUT2D eigenvalue weighted by Gasteiger charge is 2.40. The molecule has 2 atom stereocenters. The molecule has 0 heterocycles. The molecule has 2 amide bonds. The van der Waals surface area contributed by atoms with E-state index in [9.17, 15) is 9.59 Å². The number of rotatable bonds is 4. The highest BCUT2D eigenvalue weighted by Crippen LogP contribution is 2.41. The maximum Gasteiger partial charge on any atom is 0.407 e. The lowest BCUT2D eigenvalue weighted by Crippen LogP contribution is -2.34. The highest BCUT2D eigenvalue weighted by molar-refractivity contribution is 6.04. The van der Waals surface area contributed by atoms with Gasteiger partial charge in [0, 0.05) is 23.2 Å². The number of ether oxygens (including phenoxy) is 1. The summed E-state index contributed by atoms with van der Waals surface area (Å²) in [6, 6.07) is 17.0. The summed E-state index contributed by atoms with van der Waals surface area (Å²) in [7, 11) is 0. The Balaban J connectivity index is 1.53. The highest BCUT2D eigenvalue weighted by atomic mass is 16.6. The molecule has 2 aromatic carbocycles. The first-order chi connectivity index (χ1) is 12.3. The van der Waals surface area contributed by atoms with Crippen LogP contribution in [0.15, 0.2) is 54.6 Å². The normalized spacial score (nSPS) is 18.7. The number of benzene rings is 2. The van der Waals surface area contributed by atoms with Crippen LogP contribution in [0.1, 0.15) is 49.0 Å². The van der Waals surface area contributed by atoms with Crippen molar-refractivity contribution in [1.82, 2.24) is 5.32 Å². The zero-order valence-electron chi connectivity index (χ0n) is 15.3. The summed E-state index contributed by atoms with van der Waals surface area (Å²) in [6.07, 6.45) is 0.520. The van der Waals surface area contributed by atoms with E-state index in [1.54, 1.807) is 12.1 Å². The molecule has 0 aromatic heterocycles. The van der Waals surface area contributed by atoms with Gasteiger partial charge in [0.15, 0.2) is 0 Å². The van der Waals surface area contributed by atoms with Crippen LogP contribution in [0.25, 0.3) is 0 Å². The molecule has 0 radical (unpaired) electrons. The van der Waals surface area contributed by atoms with Crippen molar-refractivity contribution in [1.29, 1.82) is 0 Å². The summed E-state index contributed by atoms with van der Waals surface area (Å²) < 4.78 is 5.28.